The van der Waals surface area contributed by atoms with Crippen molar-refractivity contribution in [3.8, 4) is 0 Å². The fourth-order valence-electron chi connectivity index (χ4n) is 6.21. The summed E-state index contributed by atoms with van der Waals surface area (Å²) in [6, 6.07) is -1.42. The number of nitrogens with zero attached hydrogens (tertiary/aromatic N) is 4. The molecule has 4 heterocycles. The van der Waals surface area contributed by atoms with Crippen LogP contribution in [0.25, 0.3) is 0 Å². The number of likely N-dealkylation sites (tertiary alicyclic amines) is 2. The number of hydrogen-bond donors (Lipinski definition) is 2. The maximum atomic E-state index is 13.8. The number of aliphatic hydroxyl groups is 1. The molecule has 3 amide bonds. The number of esters is 2. The Hall–Kier alpha value is -3.85. The van der Waals surface area contributed by atoms with Crippen LogP contribution in [0.15, 0.2) is 41.1 Å². The molecule has 3 saturated heterocycles. The zero-order valence-electron chi connectivity index (χ0n) is 24.9. The second-order valence-corrected chi connectivity index (χ2v) is 12.3. The van der Waals surface area contributed by atoms with Crippen LogP contribution in [0.1, 0.15) is 27.2 Å². The van der Waals surface area contributed by atoms with Gasteiger partial charge in [-0.15, -0.1) is 11.8 Å². The first kappa shape index (κ1) is 33.1. The number of carbonyl (C=O) groups is 5. The molecule has 44 heavy (non-hydrogen) atoms. The summed E-state index contributed by atoms with van der Waals surface area (Å²) in [5, 5.41) is 22.6. The van der Waals surface area contributed by atoms with Gasteiger partial charge in [0.15, 0.2) is 0 Å². The van der Waals surface area contributed by atoms with Gasteiger partial charge in [-0.1, -0.05) is 37.4 Å². The number of fused-ring (bicyclic) bond motifs is 1. The average molecular weight is 635 g/mol. The molecular formula is C29H38N4O10S. The van der Waals surface area contributed by atoms with Crippen LogP contribution in [0.3, 0.4) is 0 Å². The SMILES string of the molecule is C=CCOC(=O)C1=C(S[C@H]2C[C@@H](C(=O)N3C/C(=N/O)C(C(=O)OCC)C3)N(C(=O)OCC=C)C2)[C@H](C)[C@@H]2[C@@H]([C@@H](C)O)C(=O)N12. The Balaban J connectivity index is 1.60. The Kier molecular flexibility index (Phi) is 10.4. The minimum absolute atomic E-state index is 0.0636. The summed E-state index contributed by atoms with van der Waals surface area (Å²) in [5.41, 5.74) is 0.170. The summed E-state index contributed by atoms with van der Waals surface area (Å²) in [4.78, 5) is 70.1. The monoisotopic (exact) mass is 634 g/mol. The van der Waals surface area contributed by atoms with Gasteiger partial charge in [0.05, 0.1) is 36.9 Å². The van der Waals surface area contributed by atoms with Crippen molar-refractivity contribution >= 4 is 47.3 Å². The van der Waals surface area contributed by atoms with Crippen molar-refractivity contribution in [1.82, 2.24) is 14.7 Å². The molecule has 4 aliphatic heterocycles. The molecule has 14 nitrogen and oxygen atoms in total. The number of oxime groups is 1. The number of β-lactam (4-membered cyclic amide) rings is 1. The Morgan fingerprint density at radius 3 is 2.43 bits per heavy atom. The smallest absolute Gasteiger partial charge is 0.410 e. The largest absolute Gasteiger partial charge is 0.465 e. The van der Waals surface area contributed by atoms with Gasteiger partial charge in [-0.05, 0) is 20.3 Å². The van der Waals surface area contributed by atoms with E-state index in [1.807, 2.05) is 6.92 Å². The minimum atomic E-state index is -0.983. The molecule has 4 rings (SSSR count). The van der Waals surface area contributed by atoms with Crippen LogP contribution in [0.4, 0.5) is 4.79 Å². The lowest BCUT2D eigenvalue weighted by atomic mass is 9.79. The van der Waals surface area contributed by atoms with Crippen LogP contribution in [-0.4, -0.2) is 123 Å². The second kappa shape index (κ2) is 13.8. The molecule has 0 aromatic rings. The maximum absolute atomic E-state index is 13.8. The highest BCUT2D eigenvalue weighted by Crippen LogP contribution is 2.52. The number of aliphatic hydroxyl groups excluding tert-OH is 1. The van der Waals surface area contributed by atoms with Crippen molar-refractivity contribution in [2.75, 3.05) is 39.5 Å². The van der Waals surface area contributed by atoms with E-state index in [4.69, 9.17) is 14.2 Å². The molecule has 0 aromatic heterocycles. The molecule has 0 radical (unpaired) electrons. The highest BCUT2D eigenvalue weighted by molar-refractivity contribution is 8.03. The number of amides is 3. The molecule has 0 bridgehead atoms. The average Bonchev–Trinajstić information content (AvgIpc) is 3.68. The van der Waals surface area contributed by atoms with Crippen molar-refractivity contribution in [2.45, 2.75) is 50.6 Å². The Morgan fingerprint density at radius 2 is 1.82 bits per heavy atom. The van der Waals surface area contributed by atoms with E-state index in [-0.39, 0.29) is 69.1 Å². The van der Waals surface area contributed by atoms with Crippen LogP contribution in [-0.2, 0) is 33.4 Å². The summed E-state index contributed by atoms with van der Waals surface area (Å²) in [6.45, 7) is 12.0. The molecular weight excluding hydrogens is 596 g/mol. The van der Waals surface area contributed by atoms with E-state index in [1.54, 1.807) is 6.92 Å². The van der Waals surface area contributed by atoms with E-state index in [9.17, 15) is 34.3 Å². The van der Waals surface area contributed by atoms with Gasteiger partial charge < -0.3 is 34.3 Å². The van der Waals surface area contributed by atoms with E-state index in [0.717, 1.165) is 0 Å². The fourth-order valence-corrected chi connectivity index (χ4v) is 7.73. The first-order valence-electron chi connectivity index (χ1n) is 14.4. The molecule has 1 unspecified atom stereocenters. The molecule has 0 aromatic carbocycles. The van der Waals surface area contributed by atoms with Gasteiger partial charge in [0.2, 0.25) is 11.8 Å². The van der Waals surface area contributed by atoms with Crippen LogP contribution >= 0.6 is 11.8 Å². The third kappa shape index (κ3) is 6.07. The second-order valence-electron chi connectivity index (χ2n) is 11.0. The van der Waals surface area contributed by atoms with Crippen molar-refractivity contribution in [2.24, 2.45) is 22.9 Å². The molecule has 15 heteroatoms. The van der Waals surface area contributed by atoms with Crippen molar-refractivity contribution in [3.05, 3.63) is 35.9 Å². The van der Waals surface area contributed by atoms with E-state index < -0.39 is 59.2 Å². The molecule has 0 saturated carbocycles. The normalized spacial score (nSPS) is 29.3. The van der Waals surface area contributed by atoms with Crippen LogP contribution in [0.5, 0.6) is 0 Å². The van der Waals surface area contributed by atoms with E-state index in [1.165, 1.54) is 45.5 Å². The zero-order chi connectivity index (χ0) is 32.3. The van der Waals surface area contributed by atoms with Crippen LogP contribution < -0.4 is 0 Å². The Morgan fingerprint density at radius 1 is 1.14 bits per heavy atom. The Labute approximate surface area is 259 Å². The van der Waals surface area contributed by atoms with Gasteiger partial charge in [-0.25, -0.2) is 9.59 Å². The maximum Gasteiger partial charge on any atom is 0.410 e. The van der Waals surface area contributed by atoms with Gasteiger partial charge >= 0.3 is 18.0 Å². The first-order chi connectivity index (χ1) is 21.0. The number of ether oxygens (including phenoxy) is 3. The van der Waals surface area contributed by atoms with Crippen molar-refractivity contribution < 1.29 is 48.5 Å². The van der Waals surface area contributed by atoms with Gasteiger partial charge in [0.1, 0.15) is 30.9 Å². The highest BCUT2D eigenvalue weighted by atomic mass is 32.2. The summed E-state index contributed by atoms with van der Waals surface area (Å²) < 4.78 is 15.6. The molecule has 0 aliphatic carbocycles. The summed E-state index contributed by atoms with van der Waals surface area (Å²) >= 11 is 1.28. The molecule has 2 N–H and O–H groups in total. The number of carbonyl (C=O) groups excluding carboxylic acids is 5. The predicted octanol–water partition coefficient (Wildman–Crippen LogP) is 1.14. The lowest BCUT2D eigenvalue weighted by molar-refractivity contribution is -0.164. The third-order valence-electron chi connectivity index (χ3n) is 8.20. The fraction of sp³-hybridized carbons (Fsp3) is 0.586. The van der Waals surface area contributed by atoms with Gasteiger partial charge in [0.25, 0.3) is 0 Å². The van der Waals surface area contributed by atoms with Gasteiger partial charge in [0, 0.05) is 29.2 Å². The first-order valence-corrected chi connectivity index (χ1v) is 15.3. The molecule has 3 fully saturated rings. The van der Waals surface area contributed by atoms with Crippen LogP contribution in [0.2, 0.25) is 0 Å². The lowest BCUT2D eigenvalue weighted by Gasteiger charge is -2.46. The highest BCUT2D eigenvalue weighted by Gasteiger charge is 2.60. The number of hydrogen-bond acceptors (Lipinski definition) is 12. The number of thioether (sulfide) groups is 1. The van der Waals surface area contributed by atoms with Crippen molar-refractivity contribution in [1.29, 1.82) is 0 Å². The molecule has 240 valence electrons. The number of rotatable bonds is 11. The zero-order valence-corrected chi connectivity index (χ0v) is 25.7. The summed E-state index contributed by atoms with van der Waals surface area (Å²) in [7, 11) is 0. The van der Waals surface area contributed by atoms with Gasteiger partial charge in [-0.3, -0.25) is 19.3 Å². The topological polar surface area (TPSA) is 176 Å². The quantitative estimate of drug-likeness (QED) is 0.0832. The Bertz CT molecular complexity index is 1280. The molecule has 4 aliphatic rings. The van der Waals surface area contributed by atoms with E-state index in [2.05, 4.69) is 18.3 Å². The van der Waals surface area contributed by atoms with Crippen molar-refractivity contribution in [3.63, 3.8) is 0 Å². The standard InChI is InChI=1S/C29H38N4O10S/c1-6-9-42-28(38)23-24(15(4)22-21(16(5)34)26(36)33(22)23)44-17-11-20(32(12-17)29(39)43-10-7-2)25(35)31-13-18(19(14-31)30-40)27(37)41-8-3/h6-7,15-18,20-22,34,40H,1-2,8-14H2,3-5H3/b30-19-/t15-,16-,17+,18?,20+,21-,22-/m1/s1. The molecule has 0 spiro atoms. The predicted molar refractivity (Wildman–Crippen MR) is 157 cm³/mol. The van der Waals surface area contributed by atoms with E-state index >= 15 is 0 Å². The molecule has 7 atom stereocenters. The lowest BCUT2D eigenvalue weighted by Crippen LogP contribution is -2.63. The summed E-state index contributed by atoms with van der Waals surface area (Å²) in [6.07, 6.45) is 1.32. The van der Waals surface area contributed by atoms with Gasteiger partial charge in [-0.2, -0.15) is 0 Å². The summed E-state index contributed by atoms with van der Waals surface area (Å²) in [5.74, 6) is -4.11. The van der Waals surface area contributed by atoms with E-state index in [0.29, 0.717) is 4.91 Å². The third-order valence-corrected chi connectivity index (χ3v) is 9.70. The minimum Gasteiger partial charge on any atom is -0.465 e. The van der Waals surface area contributed by atoms with Crippen LogP contribution in [0, 0.1) is 17.8 Å².